The lowest BCUT2D eigenvalue weighted by molar-refractivity contribution is 0.186. The third-order valence-electron chi connectivity index (χ3n) is 2.81. The monoisotopic (exact) mass is 223 g/mol. The fourth-order valence-electron chi connectivity index (χ4n) is 2.00. The second-order valence-electron chi connectivity index (χ2n) is 4.10. The molecule has 1 aliphatic heterocycles. The molecule has 2 atom stereocenters. The van der Waals surface area contributed by atoms with E-state index in [1.807, 2.05) is 13.0 Å². The molecule has 0 bridgehead atoms. The van der Waals surface area contributed by atoms with Crippen LogP contribution >= 0.6 is 0 Å². The first-order valence-corrected chi connectivity index (χ1v) is 5.41. The number of hydrogen-bond donors (Lipinski definition) is 2. The van der Waals surface area contributed by atoms with Gasteiger partial charge in [-0.25, -0.2) is 0 Å². The second-order valence-corrected chi connectivity index (χ2v) is 4.10. The van der Waals surface area contributed by atoms with Crippen LogP contribution in [-0.4, -0.2) is 24.9 Å². The van der Waals surface area contributed by atoms with Crippen LogP contribution in [-0.2, 0) is 6.42 Å². The number of ether oxygens (including phenoxy) is 2. The topological polar surface area (TPSA) is 64.7 Å². The lowest BCUT2D eigenvalue weighted by Crippen LogP contribution is -2.11. The Morgan fingerprint density at radius 2 is 2.38 bits per heavy atom. The summed E-state index contributed by atoms with van der Waals surface area (Å²) in [6.45, 7) is 2.22. The molecule has 0 spiro atoms. The first-order chi connectivity index (χ1) is 7.65. The Morgan fingerprint density at radius 3 is 3.00 bits per heavy atom. The first-order valence-electron chi connectivity index (χ1n) is 5.41. The van der Waals surface area contributed by atoms with E-state index in [-0.39, 0.29) is 12.6 Å². The summed E-state index contributed by atoms with van der Waals surface area (Å²) in [5, 5.41) is 9.73. The molecule has 1 aromatic carbocycles. The fourth-order valence-corrected chi connectivity index (χ4v) is 2.00. The number of nitrogens with two attached hydrogens (primary N) is 1. The number of fused-ring (bicyclic) bond motifs is 1. The van der Waals surface area contributed by atoms with E-state index in [1.165, 1.54) is 0 Å². The average molecular weight is 223 g/mol. The maximum Gasteiger partial charge on any atom is 0.164 e. The van der Waals surface area contributed by atoms with E-state index < -0.39 is 6.10 Å². The van der Waals surface area contributed by atoms with Gasteiger partial charge in [0.2, 0.25) is 0 Å². The first kappa shape index (κ1) is 11.2. The highest BCUT2D eigenvalue weighted by atomic mass is 16.5. The molecule has 2 unspecified atom stereocenters. The Kier molecular flexibility index (Phi) is 3.03. The lowest BCUT2D eigenvalue weighted by Gasteiger charge is -2.13. The Morgan fingerprint density at radius 1 is 1.62 bits per heavy atom. The number of benzene rings is 1. The summed E-state index contributed by atoms with van der Waals surface area (Å²) in [5.74, 6) is 1.47. The predicted octanol–water partition coefficient (Wildman–Crippen LogP) is 1.01. The van der Waals surface area contributed by atoms with Crippen molar-refractivity contribution in [2.45, 2.75) is 25.6 Å². The zero-order chi connectivity index (χ0) is 11.7. The van der Waals surface area contributed by atoms with Gasteiger partial charge in [0, 0.05) is 18.5 Å². The molecule has 4 nitrogen and oxygen atoms in total. The third-order valence-corrected chi connectivity index (χ3v) is 2.81. The molecule has 1 aliphatic rings. The SMILES string of the molecule is COc1cc(C(O)CN)cc2c1OC(C)C2. The molecule has 88 valence electrons. The smallest absolute Gasteiger partial charge is 0.164 e. The summed E-state index contributed by atoms with van der Waals surface area (Å²) in [6, 6.07) is 3.73. The number of methoxy groups -OCH3 is 1. The largest absolute Gasteiger partial charge is 0.493 e. The molecular weight excluding hydrogens is 206 g/mol. The Hall–Kier alpha value is -1.26. The highest BCUT2D eigenvalue weighted by molar-refractivity contribution is 5.52. The van der Waals surface area contributed by atoms with Crippen LogP contribution < -0.4 is 15.2 Å². The molecule has 1 aromatic rings. The fraction of sp³-hybridized carbons (Fsp3) is 0.500. The van der Waals surface area contributed by atoms with Gasteiger partial charge in [0.15, 0.2) is 11.5 Å². The van der Waals surface area contributed by atoms with Crippen molar-refractivity contribution in [1.82, 2.24) is 0 Å². The Bertz CT molecular complexity index is 392. The van der Waals surface area contributed by atoms with E-state index in [4.69, 9.17) is 15.2 Å². The minimum absolute atomic E-state index is 0.161. The molecule has 0 radical (unpaired) electrons. The van der Waals surface area contributed by atoms with E-state index in [0.29, 0.717) is 5.75 Å². The van der Waals surface area contributed by atoms with E-state index in [1.54, 1.807) is 13.2 Å². The normalized spacial score (nSPS) is 20.1. The van der Waals surface area contributed by atoms with Gasteiger partial charge < -0.3 is 20.3 Å². The van der Waals surface area contributed by atoms with Crippen LogP contribution in [0.25, 0.3) is 0 Å². The molecule has 0 fully saturated rings. The van der Waals surface area contributed by atoms with E-state index in [9.17, 15) is 5.11 Å². The van der Waals surface area contributed by atoms with Crippen molar-refractivity contribution in [3.63, 3.8) is 0 Å². The van der Waals surface area contributed by atoms with Crippen LogP contribution in [0.5, 0.6) is 11.5 Å². The summed E-state index contributed by atoms with van der Waals surface area (Å²) < 4.78 is 10.9. The van der Waals surface area contributed by atoms with Gasteiger partial charge in [-0.3, -0.25) is 0 Å². The van der Waals surface area contributed by atoms with E-state index >= 15 is 0 Å². The van der Waals surface area contributed by atoms with Gasteiger partial charge in [-0.05, 0) is 24.6 Å². The van der Waals surface area contributed by atoms with Crippen LogP contribution in [0.3, 0.4) is 0 Å². The van der Waals surface area contributed by atoms with Crippen molar-refractivity contribution in [1.29, 1.82) is 0 Å². The minimum atomic E-state index is -0.643. The van der Waals surface area contributed by atoms with Gasteiger partial charge in [0.25, 0.3) is 0 Å². The van der Waals surface area contributed by atoms with Gasteiger partial charge in [0.05, 0.1) is 13.2 Å². The lowest BCUT2D eigenvalue weighted by atomic mass is 10.0. The summed E-state index contributed by atoms with van der Waals surface area (Å²) >= 11 is 0. The van der Waals surface area contributed by atoms with E-state index in [2.05, 4.69) is 0 Å². The van der Waals surface area contributed by atoms with Gasteiger partial charge >= 0.3 is 0 Å². The molecule has 16 heavy (non-hydrogen) atoms. The quantitative estimate of drug-likeness (QED) is 0.802. The van der Waals surface area contributed by atoms with Crippen LogP contribution in [0.2, 0.25) is 0 Å². The molecule has 1 heterocycles. The predicted molar refractivity (Wildman–Crippen MR) is 60.8 cm³/mol. The number of aliphatic hydroxyl groups excluding tert-OH is 1. The summed E-state index contributed by atoms with van der Waals surface area (Å²) in [4.78, 5) is 0. The molecule has 0 saturated carbocycles. The third kappa shape index (κ3) is 1.86. The van der Waals surface area contributed by atoms with Crippen molar-refractivity contribution in [2.24, 2.45) is 5.73 Å². The molecule has 2 rings (SSSR count). The van der Waals surface area contributed by atoms with Gasteiger partial charge in [-0.15, -0.1) is 0 Å². The zero-order valence-corrected chi connectivity index (χ0v) is 9.56. The molecule has 3 N–H and O–H groups in total. The molecule has 0 amide bonds. The number of hydrogen-bond acceptors (Lipinski definition) is 4. The second kappa shape index (κ2) is 4.31. The van der Waals surface area contributed by atoms with Crippen molar-refractivity contribution in [3.05, 3.63) is 23.3 Å². The van der Waals surface area contributed by atoms with Crippen LogP contribution in [0.1, 0.15) is 24.2 Å². The van der Waals surface area contributed by atoms with Crippen molar-refractivity contribution in [2.75, 3.05) is 13.7 Å². The number of rotatable bonds is 3. The standard InChI is InChI=1S/C12H17NO3/c1-7-3-9-4-8(10(14)6-13)5-11(15-2)12(9)16-7/h4-5,7,10,14H,3,6,13H2,1-2H3. The summed E-state index contributed by atoms with van der Waals surface area (Å²) in [6.07, 6.45) is 0.362. The van der Waals surface area contributed by atoms with Crippen molar-refractivity contribution < 1.29 is 14.6 Å². The highest BCUT2D eigenvalue weighted by Gasteiger charge is 2.24. The average Bonchev–Trinajstić information content (AvgIpc) is 2.66. The highest BCUT2D eigenvalue weighted by Crippen LogP contribution is 2.39. The molecule has 0 aromatic heterocycles. The maximum atomic E-state index is 9.73. The van der Waals surface area contributed by atoms with Crippen LogP contribution in [0, 0.1) is 0 Å². The Balaban J connectivity index is 2.42. The summed E-state index contributed by atoms with van der Waals surface area (Å²) in [5.41, 5.74) is 7.31. The zero-order valence-electron chi connectivity index (χ0n) is 9.56. The molecule has 0 saturated heterocycles. The minimum Gasteiger partial charge on any atom is -0.493 e. The molecule has 4 heteroatoms. The van der Waals surface area contributed by atoms with E-state index in [0.717, 1.165) is 23.3 Å². The van der Waals surface area contributed by atoms with Crippen molar-refractivity contribution >= 4 is 0 Å². The number of aliphatic hydroxyl groups is 1. The summed E-state index contributed by atoms with van der Waals surface area (Å²) in [7, 11) is 1.60. The maximum absolute atomic E-state index is 9.73. The Labute approximate surface area is 95.0 Å². The molecular formula is C12H17NO3. The van der Waals surface area contributed by atoms with Gasteiger partial charge in [-0.1, -0.05) is 0 Å². The van der Waals surface area contributed by atoms with Crippen molar-refractivity contribution in [3.8, 4) is 11.5 Å². The van der Waals surface area contributed by atoms with Gasteiger partial charge in [-0.2, -0.15) is 0 Å². The van der Waals surface area contributed by atoms with Crippen LogP contribution in [0.15, 0.2) is 12.1 Å². The molecule has 0 aliphatic carbocycles. The van der Waals surface area contributed by atoms with Crippen LogP contribution in [0.4, 0.5) is 0 Å². The van der Waals surface area contributed by atoms with Gasteiger partial charge in [0.1, 0.15) is 6.10 Å².